The molecule has 3 nitrogen and oxygen atoms in total. The minimum Gasteiger partial charge on any atom is -0.308 e. The van der Waals surface area contributed by atoms with Crippen LogP contribution in [0.25, 0.3) is 0 Å². The van der Waals surface area contributed by atoms with E-state index < -0.39 is 17.6 Å². The molecule has 72 valence electrons. The first kappa shape index (κ1) is 10.1. The van der Waals surface area contributed by atoms with E-state index in [0.29, 0.717) is 0 Å². The molecular weight excluding hydrogens is 207 g/mol. The van der Waals surface area contributed by atoms with Crippen LogP contribution < -0.4 is 11.3 Å². The molecule has 0 spiro atoms. The van der Waals surface area contributed by atoms with Crippen molar-refractivity contribution < 1.29 is 13.2 Å². The van der Waals surface area contributed by atoms with Crippen LogP contribution in [0.3, 0.4) is 0 Å². The highest BCUT2D eigenvalue weighted by atomic mass is 35.5. The van der Waals surface area contributed by atoms with Gasteiger partial charge in [0.05, 0.1) is 5.02 Å². The minimum absolute atomic E-state index is 0.0914. The van der Waals surface area contributed by atoms with Crippen LogP contribution in [0, 0.1) is 0 Å². The van der Waals surface area contributed by atoms with Gasteiger partial charge < -0.3 is 5.43 Å². The highest BCUT2D eigenvalue weighted by Crippen LogP contribution is 2.34. The standard InChI is InChI=1S/C6H5ClF3N3/c7-3-1-4(6(8,9)10)5(13-11)12-2-3/h1-2H,11H2,(H,12,13). The predicted octanol–water partition coefficient (Wildman–Crippen LogP) is 2.04. The van der Waals surface area contributed by atoms with Crippen LogP contribution in [0.2, 0.25) is 5.02 Å². The summed E-state index contributed by atoms with van der Waals surface area (Å²) in [4.78, 5) is 3.38. The molecule has 0 amide bonds. The number of nitrogens with two attached hydrogens (primary N) is 1. The summed E-state index contributed by atoms with van der Waals surface area (Å²) in [6.07, 6.45) is -3.44. The molecule has 1 aromatic rings. The third-order valence-electron chi connectivity index (χ3n) is 1.30. The van der Waals surface area contributed by atoms with Crippen LogP contribution in [-0.2, 0) is 6.18 Å². The molecule has 1 rings (SSSR count). The van der Waals surface area contributed by atoms with E-state index in [-0.39, 0.29) is 5.02 Å². The molecule has 0 unspecified atom stereocenters. The number of rotatable bonds is 1. The van der Waals surface area contributed by atoms with Gasteiger partial charge in [-0.3, -0.25) is 0 Å². The normalized spacial score (nSPS) is 11.5. The van der Waals surface area contributed by atoms with Gasteiger partial charge in [-0.2, -0.15) is 13.2 Å². The van der Waals surface area contributed by atoms with E-state index in [1.54, 1.807) is 0 Å². The molecule has 0 saturated carbocycles. The molecule has 1 heterocycles. The van der Waals surface area contributed by atoms with E-state index in [9.17, 15) is 13.2 Å². The van der Waals surface area contributed by atoms with Gasteiger partial charge in [0.15, 0.2) is 5.82 Å². The van der Waals surface area contributed by atoms with Crippen LogP contribution in [-0.4, -0.2) is 4.98 Å². The first-order valence-corrected chi connectivity index (χ1v) is 3.52. The molecule has 0 atom stereocenters. The van der Waals surface area contributed by atoms with Crippen molar-refractivity contribution in [3.05, 3.63) is 22.8 Å². The van der Waals surface area contributed by atoms with E-state index in [2.05, 4.69) is 4.98 Å². The van der Waals surface area contributed by atoms with Crippen molar-refractivity contribution in [2.24, 2.45) is 5.84 Å². The Balaban J connectivity index is 3.24. The average Bonchev–Trinajstić information content (AvgIpc) is 2.03. The SMILES string of the molecule is NNc1ncc(Cl)cc1C(F)(F)F. The van der Waals surface area contributed by atoms with Crippen LogP contribution in [0.15, 0.2) is 12.3 Å². The van der Waals surface area contributed by atoms with Crippen molar-refractivity contribution >= 4 is 17.4 Å². The zero-order valence-electron chi connectivity index (χ0n) is 6.19. The lowest BCUT2D eigenvalue weighted by Gasteiger charge is -2.10. The van der Waals surface area contributed by atoms with Crippen molar-refractivity contribution in [3.63, 3.8) is 0 Å². The minimum atomic E-state index is -4.51. The number of hydrazine groups is 1. The van der Waals surface area contributed by atoms with Gasteiger partial charge in [0.25, 0.3) is 0 Å². The highest BCUT2D eigenvalue weighted by molar-refractivity contribution is 6.30. The molecule has 0 aliphatic heterocycles. The average molecular weight is 212 g/mol. The third kappa shape index (κ3) is 2.22. The van der Waals surface area contributed by atoms with E-state index >= 15 is 0 Å². The van der Waals surface area contributed by atoms with Gasteiger partial charge in [-0.25, -0.2) is 10.8 Å². The fourth-order valence-corrected chi connectivity index (χ4v) is 0.928. The Morgan fingerprint density at radius 1 is 1.46 bits per heavy atom. The van der Waals surface area contributed by atoms with E-state index in [4.69, 9.17) is 17.4 Å². The molecule has 0 bridgehead atoms. The van der Waals surface area contributed by atoms with Gasteiger partial charge in [0.2, 0.25) is 0 Å². The van der Waals surface area contributed by atoms with Gasteiger partial charge in [-0.1, -0.05) is 11.6 Å². The molecule has 0 saturated heterocycles. The van der Waals surface area contributed by atoms with Gasteiger partial charge in [0, 0.05) is 6.20 Å². The summed E-state index contributed by atoms with van der Waals surface area (Å²) in [5, 5.41) is -0.0914. The van der Waals surface area contributed by atoms with Crippen molar-refractivity contribution in [1.29, 1.82) is 0 Å². The number of hydrogen-bond donors (Lipinski definition) is 2. The monoisotopic (exact) mass is 211 g/mol. The molecule has 0 aliphatic carbocycles. The molecule has 3 N–H and O–H groups in total. The summed E-state index contributed by atoms with van der Waals surface area (Å²) < 4.78 is 36.7. The number of hydrogen-bond acceptors (Lipinski definition) is 3. The number of nitrogens with zero attached hydrogens (tertiary/aromatic N) is 1. The number of aromatic nitrogens is 1. The van der Waals surface area contributed by atoms with Crippen molar-refractivity contribution in [2.75, 3.05) is 5.43 Å². The predicted molar refractivity (Wildman–Crippen MR) is 42.1 cm³/mol. The molecule has 0 fully saturated rings. The second-order valence-corrected chi connectivity index (χ2v) is 2.63. The largest absolute Gasteiger partial charge is 0.420 e. The van der Waals surface area contributed by atoms with Crippen molar-refractivity contribution in [3.8, 4) is 0 Å². The van der Waals surface area contributed by atoms with Gasteiger partial charge >= 0.3 is 6.18 Å². The smallest absolute Gasteiger partial charge is 0.308 e. The Hall–Kier alpha value is -1.01. The summed E-state index contributed by atoms with van der Waals surface area (Å²) in [5.41, 5.74) is 0.856. The summed E-state index contributed by atoms with van der Waals surface area (Å²) in [5.74, 6) is 4.39. The summed E-state index contributed by atoms with van der Waals surface area (Å²) >= 11 is 5.35. The molecule has 0 radical (unpaired) electrons. The lowest BCUT2D eigenvalue weighted by atomic mass is 10.2. The quantitative estimate of drug-likeness (QED) is 0.552. The number of pyridine rings is 1. The Morgan fingerprint density at radius 3 is 2.54 bits per heavy atom. The van der Waals surface area contributed by atoms with E-state index in [0.717, 1.165) is 12.3 Å². The van der Waals surface area contributed by atoms with Crippen LogP contribution >= 0.6 is 11.6 Å². The first-order valence-electron chi connectivity index (χ1n) is 3.14. The topological polar surface area (TPSA) is 50.9 Å². The number of alkyl halides is 3. The van der Waals surface area contributed by atoms with E-state index in [1.807, 2.05) is 5.43 Å². The van der Waals surface area contributed by atoms with Crippen LogP contribution in [0.5, 0.6) is 0 Å². The molecule has 7 heteroatoms. The third-order valence-corrected chi connectivity index (χ3v) is 1.50. The Morgan fingerprint density at radius 2 is 2.08 bits per heavy atom. The molecule has 0 aliphatic rings. The molecular formula is C6H5ClF3N3. The van der Waals surface area contributed by atoms with Crippen LogP contribution in [0.4, 0.5) is 19.0 Å². The molecule has 13 heavy (non-hydrogen) atoms. The fourth-order valence-electron chi connectivity index (χ4n) is 0.770. The van der Waals surface area contributed by atoms with E-state index in [1.165, 1.54) is 0 Å². The maximum absolute atomic E-state index is 12.2. The number of nitrogens with one attached hydrogen (secondary N) is 1. The second-order valence-electron chi connectivity index (χ2n) is 2.19. The first-order chi connectivity index (χ1) is 5.95. The summed E-state index contributed by atoms with van der Waals surface area (Å²) in [7, 11) is 0. The highest BCUT2D eigenvalue weighted by Gasteiger charge is 2.34. The van der Waals surface area contributed by atoms with Gasteiger partial charge in [-0.15, -0.1) is 0 Å². The number of nitrogen functional groups attached to an aromatic ring is 1. The fraction of sp³-hybridized carbons (Fsp3) is 0.167. The van der Waals surface area contributed by atoms with Gasteiger partial charge in [-0.05, 0) is 6.07 Å². The lowest BCUT2D eigenvalue weighted by molar-refractivity contribution is -0.137. The molecule has 1 aromatic heterocycles. The Labute approximate surface area is 76.7 Å². The molecule has 0 aromatic carbocycles. The zero-order chi connectivity index (χ0) is 10.1. The summed E-state index contributed by atoms with van der Waals surface area (Å²) in [6, 6.07) is 0.754. The maximum Gasteiger partial charge on any atom is 0.420 e. The number of halogens is 4. The number of anilines is 1. The van der Waals surface area contributed by atoms with Crippen LogP contribution in [0.1, 0.15) is 5.56 Å². The summed E-state index contributed by atoms with van der Waals surface area (Å²) in [6.45, 7) is 0. The lowest BCUT2D eigenvalue weighted by Crippen LogP contribution is -2.16. The van der Waals surface area contributed by atoms with Crippen molar-refractivity contribution in [2.45, 2.75) is 6.18 Å². The second kappa shape index (κ2) is 3.39. The van der Waals surface area contributed by atoms with Gasteiger partial charge in [0.1, 0.15) is 5.56 Å². The Kier molecular flexibility index (Phi) is 2.63. The Bertz CT molecular complexity index is 312. The maximum atomic E-state index is 12.2. The zero-order valence-corrected chi connectivity index (χ0v) is 6.95. The van der Waals surface area contributed by atoms with Crippen molar-refractivity contribution in [1.82, 2.24) is 4.98 Å².